The van der Waals surface area contributed by atoms with Crippen molar-refractivity contribution in [3.8, 4) is 0 Å². The normalized spacial score (nSPS) is 24.5. The van der Waals surface area contributed by atoms with Crippen molar-refractivity contribution in [2.75, 3.05) is 0 Å². The average molecular weight is 364 g/mol. The molecule has 0 aromatic carbocycles. The van der Waals surface area contributed by atoms with Crippen LogP contribution < -0.4 is 5.32 Å². The van der Waals surface area contributed by atoms with Crippen molar-refractivity contribution in [3.05, 3.63) is 18.2 Å². The third kappa shape index (κ3) is 5.58. The van der Waals surface area contributed by atoms with Crippen molar-refractivity contribution in [2.24, 2.45) is 17.8 Å². The molecule has 6 nitrogen and oxygen atoms in total. The Kier molecular flexibility index (Phi) is 6.48. The minimum absolute atomic E-state index is 0.0280. The summed E-state index contributed by atoms with van der Waals surface area (Å²) in [6, 6.07) is 0.0354. The molecule has 1 saturated carbocycles. The van der Waals surface area contributed by atoms with Crippen LogP contribution in [0.3, 0.4) is 0 Å². The zero-order valence-electron chi connectivity index (χ0n) is 16.8. The van der Waals surface area contributed by atoms with Gasteiger partial charge < -0.3 is 15.0 Å². The lowest BCUT2D eigenvalue weighted by Crippen LogP contribution is -2.41. The van der Waals surface area contributed by atoms with Crippen LogP contribution in [0.2, 0.25) is 0 Å². The number of nitrogens with one attached hydrogen (secondary N) is 2. The molecule has 0 saturated heterocycles. The standard InChI is InChI=1S/C20H33N3O3/c1-12(2)7-17(23-13(3)24)15-8-14(19(25)26-20(4,5)6)9-16(15)18-10-21-11-22-18/h10-12,14-17H,7-9H2,1-6H3,(H,21,22)(H,23,24)/t14-,15-,16-,17+/m1/s1. The Morgan fingerprint density at radius 2 is 2.04 bits per heavy atom. The maximum absolute atomic E-state index is 12.7. The van der Waals surface area contributed by atoms with Crippen molar-refractivity contribution in [3.63, 3.8) is 0 Å². The van der Waals surface area contributed by atoms with Gasteiger partial charge in [-0.15, -0.1) is 0 Å². The van der Waals surface area contributed by atoms with Gasteiger partial charge in [-0.25, -0.2) is 4.98 Å². The van der Waals surface area contributed by atoms with Crippen molar-refractivity contribution >= 4 is 11.9 Å². The van der Waals surface area contributed by atoms with Crippen LogP contribution in [-0.4, -0.2) is 33.5 Å². The topological polar surface area (TPSA) is 84.1 Å². The number of hydrogen-bond donors (Lipinski definition) is 2. The van der Waals surface area contributed by atoms with E-state index in [9.17, 15) is 9.59 Å². The fourth-order valence-electron chi connectivity index (χ4n) is 4.03. The first kappa shape index (κ1) is 20.5. The second-order valence-corrected chi connectivity index (χ2v) is 8.92. The predicted molar refractivity (Wildman–Crippen MR) is 100 cm³/mol. The van der Waals surface area contributed by atoms with Crippen molar-refractivity contribution in [1.29, 1.82) is 0 Å². The first-order valence-corrected chi connectivity index (χ1v) is 9.55. The molecule has 1 aliphatic carbocycles. The van der Waals surface area contributed by atoms with E-state index in [0.29, 0.717) is 5.92 Å². The third-order valence-corrected chi connectivity index (χ3v) is 4.90. The molecule has 1 heterocycles. The molecule has 1 aromatic heterocycles. The van der Waals surface area contributed by atoms with E-state index in [0.717, 1.165) is 25.0 Å². The highest BCUT2D eigenvalue weighted by Crippen LogP contribution is 2.46. The second kappa shape index (κ2) is 8.23. The Morgan fingerprint density at radius 1 is 1.35 bits per heavy atom. The highest BCUT2D eigenvalue weighted by Gasteiger charge is 2.44. The smallest absolute Gasteiger partial charge is 0.309 e. The number of rotatable bonds is 6. The number of carbonyl (C=O) groups is 2. The van der Waals surface area contributed by atoms with Gasteiger partial charge >= 0.3 is 5.97 Å². The number of hydrogen-bond acceptors (Lipinski definition) is 4. The van der Waals surface area contributed by atoms with Crippen LogP contribution in [0.5, 0.6) is 0 Å². The summed E-state index contributed by atoms with van der Waals surface area (Å²) in [6.07, 6.45) is 5.82. The molecule has 0 bridgehead atoms. The largest absolute Gasteiger partial charge is 0.460 e. The quantitative estimate of drug-likeness (QED) is 0.759. The minimum atomic E-state index is -0.492. The van der Waals surface area contributed by atoms with Crippen LogP contribution in [0, 0.1) is 17.8 Å². The summed E-state index contributed by atoms with van der Waals surface area (Å²) in [5, 5.41) is 3.13. The van der Waals surface area contributed by atoms with Crippen molar-refractivity contribution in [1.82, 2.24) is 15.3 Å². The molecule has 6 heteroatoms. The Bertz CT molecular complexity index is 604. The van der Waals surface area contributed by atoms with E-state index in [-0.39, 0.29) is 35.7 Å². The fraction of sp³-hybridized carbons (Fsp3) is 0.750. The highest BCUT2D eigenvalue weighted by molar-refractivity contribution is 5.74. The van der Waals surface area contributed by atoms with E-state index >= 15 is 0 Å². The SMILES string of the molecule is CC(=O)N[C@@H](CC(C)C)[C@@H]1C[C@@H](C(=O)OC(C)(C)C)C[C@H]1c1cnc[nH]1. The lowest BCUT2D eigenvalue weighted by molar-refractivity contribution is -0.159. The first-order valence-electron chi connectivity index (χ1n) is 9.55. The number of ether oxygens (including phenoxy) is 1. The molecule has 26 heavy (non-hydrogen) atoms. The van der Waals surface area contributed by atoms with Crippen LogP contribution in [0.1, 0.15) is 72.4 Å². The predicted octanol–water partition coefficient (Wildman–Crippen LogP) is 3.41. The number of carbonyl (C=O) groups excluding carboxylic acids is 2. The molecule has 1 aliphatic rings. The molecule has 1 amide bonds. The van der Waals surface area contributed by atoms with Gasteiger partial charge in [0.05, 0.1) is 12.2 Å². The molecule has 1 aromatic rings. The van der Waals surface area contributed by atoms with Gasteiger partial charge in [0, 0.05) is 30.8 Å². The summed E-state index contributed by atoms with van der Waals surface area (Å²) in [5.74, 6) is 0.464. The molecule has 2 N–H and O–H groups in total. The van der Waals surface area contributed by atoms with Gasteiger partial charge in [-0.3, -0.25) is 9.59 Å². The first-order chi connectivity index (χ1) is 12.1. The van der Waals surface area contributed by atoms with Crippen LogP contribution >= 0.6 is 0 Å². The summed E-state index contributed by atoms with van der Waals surface area (Å²) in [6.45, 7) is 11.5. The maximum atomic E-state index is 12.7. The molecule has 0 spiro atoms. The molecule has 1 fully saturated rings. The Labute approximate surface area is 156 Å². The summed E-state index contributed by atoms with van der Waals surface area (Å²) >= 11 is 0. The van der Waals surface area contributed by atoms with Crippen molar-refractivity contribution < 1.29 is 14.3 Å². The van der Waals surface area contributed by atoms with E-state index < -0.39 is 5.60 Å². The van der Waals surface area contributed by atoms with Gasteiger partial charge in [-0.2, -0.15) is 0 Å². The zero-order chi connectivity index (χ0) is 19.5. The van der Waals surface area contributed by atoms with Gasteiger partial charge in [0.25, 0.3) is 0 Å². The number of H-pyrrole nitrogens is 1. The van der Waals surface area contributed by atoms with E-state index in [1.807, 2.05) is 27.0 Å². The molecule has 2 rings (SSSR count). The van der Waals surface area contributed by atoms with Gasteiger partial charge in [-0.1, -0.05) is 13.8 Å². The Balaban J connectivity index is 2.24. The third-order valence-electron chi connectivity index (χ3n) is 4.90. The second-order valence-electron chi connectivity index (χ2n) is 8.92. The molecule has 4 atom stereocenters. The molecule has 146 valence electrons. The highest BCUT2D eigenvalue weighted by atomic mass is 16.6. The number of aromatic nitrogens is 2. The summed E-state index contributed by atoms with van der Waals surface area (Å²) < 4.78 is 5.63. The number of esters is 1. The Morgan fingerprint density at radius 3 is 2.54 bits per heavy atom. The molecule has 0 radical (unpaired) electrons. The summed E-state index contributed by atoms with van der Waals surface area (Å²) in [7, 11) is 0. The van der Waals surface area contributed by atoms with E-state index in [2.05, 4.69) is 29.1 Å². The lowest BCUT2D eigenvalue weighted by Gasteiger charge is -2.30. The maximum Gasteiger partial charge on any atom is 0.309 e. The van der Waals surface area contributed by atoms with E-state index in [1.54, 1.807) is 13.3 Å². The summed E-state index contributed by atoms with van der Waals surface area (Å²) in [5.41, 5.74) is 0.535. The molecular weight excluding hydrogens is 330 g/mol. The lowest BCUT2D eigenvalue weighted by atomic mass is 9.83. The van der Waals surface area contributed by atoms with E-state index in [4.69, 9.17) is 4.74 Å². The number of imidazole rings is 1. The van der Waals surface area contributed by atoms with Crippen LogP contribution in [0.4, 0.5) is 0 Å². The monoisotopic (exact) mass is 363 g/mol. The Hall–Kier alpha value is -1.85. The van der Waals surface area contributed by atoms with Crippen LogP contribution in [-0.2, 0) is 14.3 Å². The van der Waals surface area contributed by atoms with Gasteiger partial charge in [0.1, 0.15) is 5.60 Å². The van der Waals surface area contributed by atoms with Crippen LogP contribution in [0.15, 0.2) is 12.5 Å². The molecular formula is C20H33N3O3. The van der Waals surface area contributed by atoms with E-state index in [1.165, 1.54) is 0 Å². The van der Waals surface area contributed by atoms with Gasteiger partial charge in [0.2, 0.25) is 5.91 Å². The van der Waals surface area contributed by atoms with Gasteiger partial charge in [0.15, 0.2) is 0 Å². The summed E-state index contributed by atoms with van der Waals surface area (Å²) in [4.78, 5) is 31.8. The number of aromatic amines is 1. The number of nitrogens with zero attached hydrogens (tertiary/aromatic N) is 1. The number of amides is 1. The van der Waals surface area contributed by atoms with Crippen molar-refractivity contribution in [2.45, 2.75) is 78.4 Å². The van der Waals surface area contributed by atoms with Crippen LogP contribution in [0.25, 0.3) is 0 Å². The average Bonchev–Trinajstić information content (AvgIpc) is 3.13. The molecule has 0 aliphatic heterocycles. The minimum Gasteiger partial charge on any atom is -0.460 e. The zero-order valence-corrected chi connectivity index (χ0v) is 16.8. The van der Waals surface area contributed by atoms with Gasteiger partial charge in [-0.05, 0) is 51.9 Å². The fourth-order valence-corrected chi connectivity index (χ4v) is 4.03. The molecule has 0 unspecified atom stereocenters.